The lowest BCUT2D eigenvalue weighted by atomic mass is 10.2. The van der Waals surface area contributed by atoms with Crippen LogP contribution in [0.2, 0.25) is 0 Å². The number of benzene rings is 1. The molecule has 1 aromatic rings. The Morgan fingerprint density at radius 1 is 1.12 bits per heavy atom. The number of nitrogens with one attached hydrogen (secondary N) is 1. The molecule has 2 saturated heterocycles. The van der Waals surface area contributed by atoms with Crippen molar-refractivity contribution in [3.63, 3.8) is 0 Å². The molecule has 4 amide bonds. The number of hydrogen-bond donors (Lipinski definition) is 1. The molecule has 0 atom stereocenters. The van der Waals surface area contributed by atoms with E-state index in [1.807, 2.05) is 0 Å². The maximum Gasteiger partial charge on any atom is 0.326 e. The van der Waals surface area contributed by atoms with E-state index < -0.39 is 10.0 Å². The predicted octanol–water partition coefficient (Wildman–Crippen LogP) is 1.87. The Bertz CT molecular complexity index is 973. The second-order valence-corrected chi connectivity index (χ2v) is 9.95. The van der Waals surface area contributed by atoms with Crippen LogP contribution in [-0.4, -0.2) is 80.7 Å². The molecule has 2 heterocycles. The smallest absolute Gasteiger partial charge is 0.326 e. The summed E-state index contributed by atoms with van der Waals surface area (Å²) in [5.74, 6) is -0.300. The summed E-state index contributed by atoms with van der Waals surface area (Å²) in [7, 11) is -0.687. The number of urea groups is 1. The van der Waals surface area contributed by atoms with Gasteiger partial charge in [-0.25, -0.2) is 13.2 Å². The van der Waals surface area contributed by atoms with Gasteiger partial charge in [-0.05, 0) is 37.5 Å². The average molecular weight is 467 g/mol. The molecular weight excluding hydrogens is 436 g/mol. The van der Waals surface area contributed by atoms with Crippen LogP contribution in [0.1, 0.15) is 38.5 Å². The number of carbonyl (C=O) groups excluding carboxylic acids is 3. The largest absolute Gasteiger partial charge is 0.495 e. The minimum absolute atomic E-state index is 0.0422. The molecule has 1 aromatic carbocycles. The minimum atomic E-state index is -3.67. The predicted molar refractivity (Wildman–Crippen MR) is 118 cm³/mol. The molecule has 11 heteroatoms. The minimum Gasteiger partial charge on any atom is -0.495 e. The second kappa shape index (κ2) is 10.3. The first-order valence-corrected chi connectivity index (χ1v) is 12.2. The molecule has 32 heavy (non-hydrogen) atoms. The first-order valence-electron chi connectivity index (χ1n) is 10.8. The van der Waals surface area contributed by atoms with Crippen LogP contribution in [0.25, 0.3) is 0 Å². The molecule has 2 aliphatic heterocycles. The van der Waals surface area contributed by atoms with E-state index in [1.165, 1.54) is 34.5 Å². The number of anilines is 1. The number of imide groups is 1. The number of nitrogens with zero attached hydrogens (tertiary/aromatic N) is 3. The Balaban J connectivity index is 1.65. The molecule has 2 fully saturated rings. The molecule has 176 valence electrons. The highest BCUT2D eigenvalue weighted by molar-refractivity contribution is 7.89. The normalized spacial score (nSPS) is 18.1. The molecule has 0 bridgehead atoms. The maximum absolute atomic E-state index is 13.1. The van der Waals surface area contributed by atoms with Gasteiger partial charge in [0.25, 0.3) is 0 Å². The van der Waals surface area contributed by atoms with Crippen molar-refractivity contribution < 1.29 is 27.5 Å². The molecule has 0 radical (unpaired) electrons. The highest BCUT2D eigenvalue weighted by Gasteiger charge is 2.33. The molecule has 0 unspecified atom stereocenters. The van der Waals surface area contributed by atoms with Crippen molar-refractivity contribution in [3.05, 3.63) is 18.2 Å². The molecule has 3 rings (SSSR count). The molecular formula is C21H30N4O6S. The molecule has 0 spiro atoms. The Labute approximate surface area is 188 Å². The summed E-state index contributed by atoms with van der Waals surface area (Å²) in [4.78, 5) is 38.7. The Morgan fingerprint density at radius 3 is 2.41 bits per heavy atom. The van der Waals surface area contributed by atoms with E-state index in [-0.39, 0.29) is 47.9 Å². The van der Waals surface area contributed by atoms with E-state index in [4.69, 9.17) is 4.74 Å². The topological polar surface area (TPSA) is 116 Å². The van der Waals surface area contributed by atoms with Crippen molar-refractivity contribution in [2.45, 2.75) is 43.4 Å². The van der Waals surface area contributed by atoms with Crippen LogP contribution in [0, 0.1) is 0 Å². The van der Waals surface area contributed by atoms with Gasteiger partial charge in [-0.2, -0.15) is 4.31 Å². The number of methoxy groups -OCH3 is 1. The molecule has 0 aliphatic carbocycles. The number of amides is 4. The van der Waals surface area contributed by atoms with Crippen molar-refractivity contribution in [2.24, 2.45) is 0 Å². The quantitative estimate of drug-likeness (QED) is 0.585. The summed E-state index contributed by atoms with van der Waals surface area (Å²) in [5, 5.41) is 2.70. The van der Waals surface area contributed by atoms with Crippen molar-refractivity contribution in [1.82, 2.24) is 14.1 Å². The van der Waals surface area contributed by atoms with E-state index in [1.54, 1.807) is 7.05 Å². The van der Waals surface area contributed by atoms with Crippen molar-refractivity contribution in [2.75, 3.05) is 45.7 Å². The van der Waals surface area contributed by atoms with Gasteiger partial charge >= 0.3 is 6.03 Å². The van der Waals surface area contributed by atoms with Crippen LogP contribution in [0.4, 0.5) is 10.5 Å². The van der Waals surface area contributed by atoms with Gasteiger partial charge in [0.15, 0.2) is 0 Å². The highest BCUT2D eigenvalue weighted by Crippen LogP contribution is 2.30. The SMILES string of the molecule is COc1ccc(S(=O)(=O)N2CCCCCC2)cc1NC(=O)CCCN1C(=O)CN(C)C1=O. The number of rotatable bonds is 8. The summed E-state index contributed by atoms with van der Waals surface area (Å²) in [6.45, 7) is 1.16. The monoisotopic (exact) mass is 466 g/mol. The van der Waals surface area contributed by atoms with Crippen molar-refractivity contribution in [3.8, 4) is 5.75 Å². The zero-order chi connectivity index (χ0) is 23.3. The van der Waals surface area contributed by atoms with E-state index in [9.17, 15) is 22.8 Å². The summed E-state index contributed by atoms with van der Waals surface area (Å²) in [6, 6.07) is 4.05. The molecule has 10 nitrogen and oxygen atoms in total. The maximum atomic E-state index is 13.1. The number of carbonyl (C=O) groups is 3. The van der Waals surface area contributed by atoms with Gasteiger partial charge in [0.2, 0.25) is 21.8 Å². The summed E-state index contributed by atoms with van der Waals surface area (Å²) in [5.41, 5.74) is 0.265. The van der Waals surface area contributed by atoms with E-state index in [2.05, 4.69) is 5.32 Å². The van der Waals surface area contributed by atoms with Gasteiger partial charge in [-0.3, -0.25) is 14.5 Å². The third-order valence-electron chi connectivity index (χ3n) is 5.66. The van der Waals surface area contributed by atoms with Crippen LogP contribution >= 0.6 is 0 Å². The fourth-order valence-electron chi connectivity index (χ4n) is 3.88. The number of likely N-dealkylation sites (N-methyl/N-ethyl adjacent to an activating group) is 1. The summed E-state index contributed by atoms with van der Waals surface area (Å²) < 4.78 is 32.9. The average Bonchev–Trinajstić information content (AvgIpc) is 2.96. The van der Waals surface area contributed by atoms with Gasteiger partial charge in [0.05, 0.1) is 17.7 Å². The van der Waals surface area contributed by atoms with Gasteiger partial charge < -0.3 is 15.0 Å². The first kappa shape index (κ1) is 24.0. The number of hydrogen-bond acceptors (Lipinski definition) is 6. The Morgan fingerprint density at radius 2 is 1.81 bits per heavy atom. The number of ether oxygens (including phenoxy) is 1. The van der Waals surface area contributed by atoms with Gasteiger partial charge in [0.1, 0.15) is 12.3 Å². The number of sulfonamides is 1. The lowest BCUT2D eigenvalue weighted by molar-refractivity contribution is -0.125. The molecule has 0 aromatic heterocycles. The third kappa shape index (κ3) is 5.39. The molecule has 2 aliphatic rings. The fourth-order valence-corrected chi connectivity index (χ4v) is 5.42. The van der Waals surface area contributed by atoms with Gasteiger partial charge in [-0.1, -0.05) is 12.8 Å². The van der Waals surface area contributed by atoms with Gasteiger partial charge in [0, 0.05) is 33.1 Å². The second-order valence-electron chi connectivity index (χ2n) is 8.02. The van der Waals surface area contributed by atoms with Crippen LogP contribution in [-0.2, 0) is 19.6 Å². The summed E-state index contributed by atoms with van der Waals surface area (Å²) >= 11 is 0. The van der Waals surface area contributed by atoms with Crippen molar-refractivity contribution in [1.29, 1.82) is 0 Å². The lowest BCUT2D eigenvalue weighted by Crippen LogP contribution is -2.33. The van der Waals surface area contributed by atoms with E-state index >= 15 is 0 Å². The van der Waals surface area contributed by atoms with Crippen LogP contribution in [0.15, 0.2) is 23.1 Å². The molecule has 0 saturated carbocycles. The third-order valence-corrected chi connectivity index (χ3v) is 7.56. The Hall–Kier alpha value is -2.66. The van der Waals surface area contributed by atoms with Crippen molar-refractivity contribution >= 4 is 33.6 Å². The zero-order valence-corrected chi connectivity index (χ0v) is 19.3. The summed E-state index contributed by atoms with van der Waals surface area (Å²) in [6.07, 6.45) is 4.05. The van der Waals surface area contributed by atoms with Gasteiger partial charge in [-0.15, -0.1) is 0 Å². The fraction of sp³-hybridized carbons (Fsp3) is 0.571. The zero-order valence-electron chi connectivity index (χ0n) is 18.5. The van der Waals surface area contributed by atoms with E-state index in [0.717, 1.165) is 30.6 Å². The first-order chi connectivity index (χ1) is 15.2. The lowest BCUT2D eigenvalue weighted by Gasteiger charge is -2.21. The van der Waals surface area contributed by atoms with E-state index in [0.29, 0.717) is 25.3 Å². The molecule has 1 N–H and O–H groups in total. The van der Waals surface area contributed by atoms with Crippen LogP contribution in [0.3, 0.4) is 0 Å². The van der Waals surface area contributed by atoms with Crippen LogP contribution < -0.4 is 10.1 Å². The Kier molecular flexibility index (Phi) is 7.73. The van der Waals surface area contributed by atoms with Crippen LogP contribution in [0.5, 0.6) is 5.75 Å². The standard InChI is InChI=1S/C21H30N4O6S/c1-23-15-20(27)25(21(23)28)13-7-8-19(26)22-17-14-16(9-10-18(17)31-2)32(29,30)24-11-5-3-4-6-12-24/h9-10,14H,3-8,11-13,15H2,1-2H3,(H,22,26). The highest BCUT2D eigenvalue weighted by atomic mass is 32.2.